The highest BCUT2D eigenvalue weighted by molar-refractivity contribution is 8.00. The standard InChI is InChI=1S/C24H20FN3O4S2/c1-24(2)17-18(21(31)28(20(17)30)15-6-4-3-5-7-15)33-22-19(24)34-23(32)27(22)12-16(29)26-14-10-8-13(25)9-11-14/h3-11,17-18H,12H2,1-2H3,(H,26,29)/t17-,18+/m1/s1. The Balaban J connectivity index is 1.47. The minimum Gasteiger partial charge on any atom is -0.325 e. The van der Waals surface area contributed by atoms with Gasteiger partial charge in [-0.3, -0.25) is 23.7 Å². The third-order valence-electron chi connectivity index (χ3n) is 6.15. The van der Waals surface area contributed by atoms with E-state index in [2.05, 4.69) is 5.32 Å². The third-order valence-corrected chi connectivity index (χ3v) is 8.97. The highest BCUT2D eigenvalue weighted by Crippen LogP contribution is 2.54. The molecule has 10 heteroatoms. The molecule has 1 fully saturated rings. The Bertz CT molecular complexity index is 1370. The number of benzene rings is 2. The van der Waals surface area contributed by atoms with Gasteiger partial charge in [-0.15, -0.1) is 0 Å². The van der Waals surface area contributed by atoms with E-state index in [1.807, 2.05) is 19.9 Å². The maximum atomic E-state index is 13.4. The van der Waals surface area contributed by atoms with Crippen LogP contribution in [0.25, 0.3) is 0 Å². The lowest BCUT2D eigenvalue weighted by atomic mass is 9.76. The van der Waals surface area contributed by atoms with Crippen molar-refractivity contribution in [1.29, 1.82) is 0 Å². The summed E-state index contributed by atoms with van der Waals surface area (Å²) in [7, 11) is 0. The summed E-state index contributed by atoms with van der Waals surface area (Å²) < 4.78 is 14.5. The number of fused-ring (bicyclic) bond motifs is 2. The van der Waals surface area contributed by atoms with Gasteiger partial charge in [0, 0.05) is 16.0 Å². The molecular formula is C24H20FN3O4S2. The molecule has 0 saturated carbocycles. The molecular weight excluding hydrogens is 477 g/mol. The number of hydrogen-bond acceptors (Lipinski definition) is 6. The van der Waals surface area contributed by atoms with Gasteiger partial charge in [-0.2, -0.15) is 0 Å². The molecule has 0 unspecified atom stereocenters. The molecule has 1 aromatic heterocycles. The third kappa shape index (κ3) is 3.57. The molecule has 3 heterocycles. The molecule has 7 nitrogen and oxygen atoms in total. The van der Waals surface area contributed by atoms with Gasteiger partial charge in [0.25, 0.3) is 0 Å². The van der Waals surface area contributed by atoms with Gasteiger partial charge in [-0.1, -0.05) is 55.1 Å². The number of anilines is 2. The summed E-state index contributed by atoms with van der Waals surface area (Å²) in [5.74, 6) is -2.11. The van der Waals surface area contributed by atoms with Crippen LogP contribution in [-0.4, -0.2) is 27.5 Å². The summed E-state index contributed by atoms with van der Waals surface area (Å²) in [4.78, 5) is 53.8. The van der Waals surface area contributed by atoms with Crippen molar-refractivity contribution in [2.45, 2.75) is 36.1 Å². The second kappa shape index (κ2) is 8.21. The summed E-state index contributed by atoms with van der Waals surface area (Å²) >= 11 is 2.17. The Kier molecular flexibility index (Phi) is 5.44. The summed E-state index contributed by atoms with van der Waals surface area (Å²) in [6.45, 7) is 3.47. The number of para-hydroxylation sites is 1. The van der Waals surface area contributed by atoms with Gasteiger partial charge >= 0.3 is 4.87 Å². The molecule has 34 heavy (non-hydrogen) atoms. The van der Waals surface area contributed by atoms with Crippen molar-refractivity contribution in [3.63, 3.8) is 0 Å². The second-order valence-electron chi connectivity index (χ2n) is 8.73. The zero-order valence-corrected chi connectivity index (χ0v) is 19.9. The summed E-state index contributed by atoms with van der Waals surface area (Å²) in [6, 6.07) is 14.1. The predicted molar refractivity (Wildman–Crippen MR) is 129 cm³/mol. The second-order valence-corrected chi connectivity index (χ2v) is 10.8. The quantitative estimate of drug-likeness (QED) is 0.556. The van der Waals surface area contributed by atoms with Gasteiger partial charge in [0.05, 0.1) is 16.6 Å². The highest BCUT2D eigenvalue weighted by Gasteiger charge is 2.59. The Labute approximate surface area is 202 Å². The molecule has 5 rings (SSSR count). The lowest BCUT2D eigenvalue weighted by molar-refractivity contribution is -0.123. The lowest BCUT2D eigenvalue weighted by Crippen LogP contribution is -2.41. The Morgan fingerprint density at radius 2 is 1.71 bits per heavy atom. The predicted octanol–water partition coefficient (Wildman–Crippen LogP) is 3.63. The number of aromatic nitrogens is 1. The van der Waals surface area contributed by atoms with Crippen LogP contribution in [0.3, 0.4) is 0 Å². The minimum absolute atomic E-state index is 0.257. The fourth-order valence-electron chi connectivity index (χ4n) is 4.48. The molecule has 0 aliphatic carbocycles. The summed E-state index contributed by atoms with van der Waals surface area (Å²) in [6.07, 6.45) is 0. The normalized spacial score (nSPS) is 20.7. The number of nitrogens with zero attached hydrogens (tertiary/aromatic N) is 2. The van der Waals surface area contributed by atoms with Crippen molar-refractivity contribution in [1.82, 2.24) is 4.57 Å². The molecule has 2 aliphatic heterocycles. The summed E-state index contributed by atoms with van der Waals surface area (Å²) in [5.41, 5.74) is 0.152. The maximum absolute atomic E-state index is 13.4. The highest BCUT2D eigenvalue weighted by atomic mass is 32.2. The molecule has 0 radical (unpaired) electrons. The van der Waals surface area contributed by atoms with Gasteiger partial charge in [0.15, 0.2) is 0 Å². The van der Waals surface area contributed by atoms with Crippen LogP contribution < -0.4 is 15.1 Å². The topological polar surface area (TPSA) is 88.5 Å². The molecule has 3 amide bonds. The van der Waals surface area contributed by atoms with Crippen molar-refractivity contribution >= 4 is 52.2 Å². The number of thioether (sulfide) groups is 1. The van der Waals surface area contributed by atoms with E-state index in [9.17, 15) is 23.6 Å². The first kappa shape index (κ1) is 22.5. The van der Waals surface area contributed by atoms with E-state index in [1.54, 1.807) is 24.3 Å². The van der Waals surface area contributed by atoms with E-state index >= 15 is 0 Å². The van der Waals surface area contributed by atoms with E-state index in [1.165, 1.54) is 45.5 Å². The average molecular weight is 498 g/mol. The average Bonchev–Trinajstić information content (AvgIpc) is 3.25. The number of carbonyl (C=O) groups is 3. The van der Waals surface area contributed by atoms with E-state index in [0.717, 1.165) is 11.3 Å². The Morgan fingerprint density at radius 1 is 1.03 bits per heavy atom. The molecule has 3 aromatic rings. The van der Waals surface area contributed by atoms with Crippen LogP contribution in [-0.2, 0) is 26.3 Å². The minimum atomic E-state index is -0.774. The largest absolute Gasteiger partial charge is 0.325 e. The van der Waals surface area contributed by atoms with Crippen LogP contribution in [0.15, 0.2) is 64.4 Å². The van der Waals surface area contributed by atoms with Gasteiger partial charge < -0.3 is 5.32 Å². The van der Waals surface area contributed by atoms with Crippen LogP contribution in [0.5, 0.6) is 0 Å². The van der Waals surface area contributed by atoms with Gasteiger partial charge in [-0.05, 0) is 36.4 Å². The number of carbonyl (C=O) groups excluding carboxylic acids is 3. The Morgan fingerprint density at radius 3 is 2.38 bits per heavy atom. The first-order valence-corrected chi connectivity index (χ1v) is 12.3. The first-order chi connectivity index (χ1) is 16.2. The van der Waals surface area contributed by atoms with Crippen LogP contribution in [0.2, 0.25) is 0 Å². The number of rotatable bonds is 4. The number of nitrogens with one attached hydrogen (secondary N) is 1. The molecule has 1 N–H and O–H groups in total. The van der Waals surface area contributed by atoms with E-state index in [4.69, 9.17) is 0 Å². The maximum Gasteiger partial charge on any atom is 0.308 e. The molecule has 2 aliphatic rings. The molecule has 0 bridgehead atoms. The van der Waals surface area contributed by atoms with Crippen LogP contribution in [0, 0.1) is 11.7 Å². The van der Waals surface area contributed by atoms with Gasteiger partial charge in [-0.25, -0.2) is 9.29 Å². The van der Waals surface area contributed by atoms with Crippen LogP contribution >= 0.6 is 23.1 Å². The SMILES string of the molecule is CC1(C)c2sc(=O)n(CC(=O)Nc3ccc(F)cc3)c2S[C@@H]2C(=O)N(c3ccccc3)C(=O)[C@@H]21. The number of imide groups is 1. The zero-order valence-electron chi connectivity index (χ0n) is 18.3. The van der Waals surface area contributed by atoms with Crippen molar-refractivity contribution in [3.8, 4) is 0 Å². The molecule has 2 aromatic carbocycles. The Hall–Kier alpha value is -3.24. The van der Waals surface area contributed by atoms with Crippen molar-refractivity contribution in [3.05, 3.63) is 75.0 Å². The molecule has 1 saturated heterocycles. The fraction of sp³-hybridized carbons (Fsp3) is 0.250. The monoisotopic (exact) mass is 497 g/mol. The molecule has 174 valence electrons. The number of hydrogen-bond donors (Lipinski definition) is 1. The van der Waals surface area contributed by atoms with Crippen molar-refractivity contribution < 1.29 is 18.8 Å². The smallest absolute Gasteiger partial charge is 0.308 e. The number of thiazole rings is 1. The van der Waals surface area contributed by atoms with Crippen LogP contribution in [0.1, 0.15) is 18.7 Å². The van der Waals surface area contributed by atoms with Crippen LogP contribution in [0.4, 0.5) is 15.8 Å². The fourth-order valence-corrected chi connectivity index (χ4v) is 7.51. The molecule has 2 atom stereocenters. The lowest BCUT2D eigenvalue weighted by Gasteiger charge is -2.36. The van der Waals surface area contributed by atoms with Crippen molar-refractivity contribution in [2.75, 3.05) is 10.2 Å². The van der Waals surface area contributed by atoms with E-state index < -0.39 is 28.3 Å². The van der Waals surface area contributed by atoms with E-state index in [-0.39, 0.29) is 23.2 Å². The summed E-state index contributed by atoms with van der Waals surface area (Å²) in [5, 5.41) is 2.49. The van der Waals surface area contributed by atoms with E-state index in [0.29, 0.717) is 21.3 Å². The first-order valence-electron chi connectivity index (χ1n) is 10.6. The van der Waals surface area contributed by atoms with Gasteiger partial charge in [0.2, 0.25) is 17.7 Å². The molecule has 0 spiro atoms. The zero-order chi connectivity index (χ0) is 24.2. The van der Waals surface area contributed by atoms with Gasteiger partial charge in [0.1, 0.15) is 17.6 Å². The van der Waals surface area contributed by atoms with Crippen molar-refractivity contribution in [2.24, 2.45) is 5.92 Å². The number of amides is 3. The number of halogens is 1.